The lowest BCUT2D eigenvalue weighted by molar-refractivity contribution is 0.626. The molecule has 2 aromatic rings. The van der Waals surface area contributed by atoms with Crippen molar-refractivity contribution >= 4 is 0 Å². The molecule has 0 amide bonds. The number of hydrogen-bond donors (Lipinski definition) is 1. The lowest BCUT2D eigenvalue weighted by Crippen LogP contribution is -2.03. The van der Waals surface area contributed by atoms with Gasteiger partial charge in [0, 0.05) is 17.3 Å². The normalized spacial score (nSPS) is 18.8. The third-order valence-electron chi connectivity index (χ3n) is 3.06. The Labute approximate surface area is 92.7 Å². The van der Waals surface area contributed by atoms with E-state index in [0.717, 1.165) is 29.8 Å². The molecule has 1 heterocycles. The molecule has 1 unspecified atom stereocenters. The number of aromatic nitrogens is 2. The topological polar surface area (TPSA) is 43.8 Å². The monoisotopic (exact) mass is 217 g/mol. The molecule has 3 nitrogen and oxygen atoms in total. The first-order chi connectivity index (χ1) is 7.75. The Morgan fingerprint density at radius 3 is 2.81 bits per heavy atom. The third-order valence-corrected chi connectivity index (χ3v) is 3.06. The van der Waals surface area contributed by atoms with E-state index < -0.39 is 0 Å². The second-order valence-corrected chi connectivity index (χ2v) is 4.08. The van der Waals surface area contributed by atoms with Crippen molar-refractivity contribution in [2.45, 2.75) is 18.9 Å². The van der Waals surface area contributed by atoms with Crippen molar-refractivity contribution in [3.63, 3.8) is 0 Å². The molecule has 1 atom stereocenters. The van der Waals surface area contributed by atoms with E-state index in [1.807, 2.05) is 10.9 Å². The number of halogens is 1. The Hall–Kier alpha value is -1.68. The summed E-state index contributed by atoms with van der Waals surface area (Å²) in [5.74, 6) is -0.232. The molecule has 2 N–H and O–H groups in total. The predicted molar refractivity (Wildman–Crippen MR) is 58.8 cm³/mol. The fourth-order valence-corrected chi connectivity index (χ4v) is 2.20. The fraction of sp³-hybridized carbons (Fsp3) is 0.250. The minimum atomic E-state index is -0.232. The molecule has 1 aliphatic rings. The van der Waals surface area contributed by atoms with Crippen LogP contribution in [0.15, 0.2) is 30.5 Å². The molecule has 1 aliphatic carbocycles. The van der Waals surface area contributed by atoms with Gasteiger partial charge in [-0.1, -0.05) is 0 Å². The highest BCUT2D eigenvalue weighted by atomic mass is 19.1. The Morgan fingerprint density at radius 2 is 2.06 bits per heavy atom. The van der Waals surface area contributed by atoms with Gasteiger partial charge in [-0.15, -0.1) is 0 Å². The van der Waals surface area contributed by atoms with Crippen molar-refractivity contribution in [1.82, 2.24) is 9.78 Å². The second kappa shape index (κ2) is 3.42. The van der Waals surface area contributed by atoms with Crippen LogP contribution in [0.25, 0.3) is 5.69 Å². The van der Waals surface area contributed by atoms with Crippen LogP contribution in [0, 0.1) is 5.82 Å². The summed E-state index contributed by atoms with van der Waals surface area (Å²) >= 11 is 0. The number of nitrogens with zero attached hydrogens (tertiary/aromatic N) is 2. The van der Waals surface area contributed by atoms with Crippen LogP contribution in [-0.2, 0) is 6.42 Å². The molecule has 0 saturated carbocycles. The number of benzene rings is 1. The standard InChI is InChI=1S/C12H12FN3/c13-8-1-3-9(4-2-8)16-12-6-5-11(14)10(12)7-15-16/h1-4,7,11H,5-6,14H2. The van der Waals surface area contributed by atoms with Crippen molar-refractivity contribution in [1.29, 1.82) is 0 Å². The molecular formula is C12H12FN3. The Morgan fingerprint density at radius 1 is 1.31 bits per heavy atom. The van der Waals surface area contributed by atoms with Crippen LogP contribution >= 0.6 is 0 Å². The molecule has 0 aliphatic heterocycles. The molecule has 1 aromatic carbocycles. The Bertz CT molecular complexity index is 516. The summed E-state index contributed by atoms with van der Waals surface area (Å²) in [7, 11) is 0. The number of nitrogens with two attached hydrogens (primary N) is 1. The maximum absolute atomic E-state index is 12.8. The first-order valence-corrected chi connectivity index (χ1v) is 5.34. The average molecular weight is 217 g/mol. The van der Waals surface area contributed by atoms with Crippen LogP contribution in [0.1, 0.15) is 23.7 Å². The highest BCUT2D eigenvalue weighted by molar-refractivity contribution is 5.38. The van der Waals surface area contributed by atoms with E-state index in [-0.39, 0.29) is 11.9 Å². The molecule has 4 heteroatoms. The third kappa shape index (κ3) is 1.34. The Balaban J connectivity index is 2.08. The lowest BCUT2D eigenvalue weighted by atomic mass is 10.2. The molecule has 82 valence electrons. The molecule has 0 radical (unpaired) electrons. The van der Waals surface area contributed by atoms with Gasteiger partial charge in [0.1, 0.15) is 5.82 Å². The zero-order chi connectivity index (χ0) is 11.1. The van der Waals surface area contributed by atoms with Crippen LogP contribution in [0.2, 0.25) is 0 Å². The molecule has 3 rings (SSSR count). The number of rotatable bonds is 1. The van der Waals surface area contributed by atoms with Crippen LogP contribution in [0.4, 0.5) is 4.39 Å². The van der Waals surface area contributed by atoms with Gasteiger partial charge in [0.2, 0.25) is 0 Å². The molecule has 0 saturated heterocycles. The Kier molecular flexibility index (Phi) is 2.04. The SMILES string of the molecule is NC1CCc2c1cnn2-c1ccc(F)cc1. The molecule has 16 heavy (non-hydrogen) atoms. The summed E-state index contributed by atoms with van der Waals surface area (Å²) < 4.78 is 14.7. The summed E-state index contributed by atoms with van der Waals surface area (Å²) in [6.45, 7) is 0. The maximum atomic E-state index is 12.8. The van der Waals surface area contributed by atoms with Crippen molar-refractivity contribution < 1.29 is 4.39 Å². The van der Waals surface area contributed by atoms with E-state index in [2.05, 4.69) is 5.10 Å². The molecular weight excluding hydrogens is 205 g/mol. The predicted octanol–water partition coefficient (Wildman–Crippen LogP) is 1.96. The zero-order valence-corrected chi connectivity index (χ0v) is 8.73. The second-order valence-electron chi connectivity index (χ2n) is 4.08. The van der Waals surface area contributed by atoms with E-state index in [4.69, 9.17) is 5.73 Å². The van der Waals surface area contributed by atoms with E-state index in [1.165, 1.54) is 12.1 Å². The van der Waals surface area contributed by atoms with E-state index in [1.54, 1.807) is 12.1 Å². The van der Waals surface area contributed by atoms with Crippen molar-refractivity contribution in [2.75, 3.05) is 0 Å². The molecule has 0 spiro atoms. The summed E-state index contributed by atoms with van der Waals surface area (Å²) in [5.41, 5.74) is 9.10. The quantitative estimate of drug-likeness (QED) is 0.793. The van der Waals surface area contributed by atoms with Crippen LogP contribution in [0.5, 0.6) is 0 Å². The van der Waals surface area contributed by atoms with Gasteiger partial charge in [0.25, 0.3) is 0 Å². The van der Waals surface area contributed by atoms with Crippen molar-refractivity contribution in [2.24, 2.45) is 5.73 Å². The summed E-state index contributed by atoms with van der Waals surface area (Å²) in [6.07, 6.45) is 3.72. The van der Waals surface area contributed by atoms with E-state index >= 15 is 0 Å². The van der Waals surface area contributed by atoms with Gasteiger partial charge in [0.05, 0.1) is 11.9 Å². The van der Waals surface area contributed by atoms with Gasteiger partial charge < -0.3 is 5.73 Å². The highest BCUT2D eigenvalue weighted by Gasteiger charge is 2.23. The van der Waals surface area contributed by atoms with Crippen LogP contribution < -0.4 is 5.73 Å². The zero-order valence-electron chi connectivity index (χ0n) is 8.73. The lowest BCUT2D eigenvalue weighted by Gasteiger charge is -2.04. The van der Waals surface area contributed by atoms with Crippen molar-refractivity contribution in [3.8, 4) is 5.69 Å². The summed E-state index contributed by atoms with van der Waals surface area (Å²) in [4.78, 5) is 0. The molecule has 0 fully saturated rings. The first-order valence-electron chi connectivity index (χ1n) is 5.34. The molecule has 1 aromatic heterocycles. The summed E-state index contributed by atoms with van der Waals surface area (Å²) in [6, 6.07) is 6.44. The van der Waals surface area contributed by atoms with Crippen LogP contribution in [-0.4, -0.2) is 9.78 Å². The van der Waals surface area contributed by atoms with E-state index in [0.29, 0.717) is 0 Å². The number of fused-ring (bicyclic) bond motifs is 1. The van der Waals surface area contributed by atoms with Gasteiger partial charge in [-0.2, -0.15) is 5.10 Å². The smallest absolute Gasteiger partial charge is 0.123 e. The fourth-order valence-electron chi connectivity index (χ4n) is 2.20. The van der Waals surface area contributed by atoms with Crippen molar-refractivity contribution in [3.05, 3.63) is 47.5 Å². The minimum absolute atomic E-state index is 0.101. The van der Waals surface area contributed by atoms with Crippen LogP contribution in [0.3, 0.4) is 0 Å². The van der Waals surface area contributed by atoms with Gasteiger partial charge >= 0.3 is 0 Å². The van der Waals surface area contributed by atoms with Gasteiger partial charge in [-0.3, -0.25) is 0 Å². The summed E-state index contributed by atoms with van der Waals surface area (Å²) in [5, 5.41) is 4.30. The highest BCUT2D eigenvalue weighted by Crippen LogP contribution is 2.30. The van der Waals surface area contributed by atoms with E-state index in [9.17, 15) is 4.39 Å². The van der Waals surface area contributed by atoms with Gasteiger partial charge in [-0.05, 0) is 37.1 Å². The van der Waals surface area contributed by atoms with Gasteiger partial charge in [0.15, 0.2) is 0 Å². The average Bonchev–Trinajstić information content (AvgIpc) is 2.84. The minimum Gasteiger partial charge on any atom is -0.324 e. The molecule has 0 bridgehead atoms. The number of hydrogen-bond acceptors (Lipinski definition) is 2. The largest absolute Gasteiger partial charge is 0.324 e. The first kappa shape index (κ1) is 9.54. The van der Waals surface area contributed by atoms with Gasteiger partial charge in [-0.25, -0.2) is 9.07 Å². The maximum Gasteiger partial charge on any atom is 0.123 e.